The van der Waals surface area contributed by atoms with Crippen LogP contribution < -0.4 is 0 Å². The van der Waals surface area contributed by atoms with Gasteiger partial charge in [0.2, 0.25) is 0 Å². The molecule has 0 amide bonds. The van der Waals surface area contributed by atoms with E-state index in [9.17, 15) is 9.90 Å². The second kappa shape index (κ2) is 12.7. The zero-order valence-electron chi connectivity index (χ0n) is 14.5. The number of carbonyl (C=O) groups is 1. The number of unbranched alkanes of at least 4 members (excludes halogenated alkanes) is 1. The van der Waals surface area contributed by atoms with Crippen molar-refractivity contribution in [3.63, 3.8) is 0 Å². The van der Waals surface area contributed by atoms with Crippen molar-refractivity contribution in [2.75, 3.05) is 0 Å². The summed E-state index contributed by atoms with van der Waals surface area (Å²) in [6, 6.07) is 0. The number of hydrogen-bond acceptors (Lipinski definition) is 3. The number of allylic oxidation sites excluding steroid dienone is 5. The van der Waals surface area contributed by atoms with Gasteiger partial charge < -0.3 is 14.9 Å². The first-order valence-corrected chi connectivity index (χ1v) is 8.82. The van der Waals surface area contributed by atoms with Crippen LogP contribution in [0.25, 0.3) is 0 Å². The molecule has 1 heterocycles. The Morgan fingerprint density at radius 3 is 2.67 bits per heavy atom. The van der Waals surface area contributed by atoms with Gasteiger partial charge in [-0.1, -0.05) is 55.5 Å². The van der Waals surface area contributed by atoms with Crippen LogP contribution in [0, 0.1) is 0 Å². The van der Waals surface area contributed by atoms with Crippen molar-refractivity contribution in [2.24, 2.45) is 0 Å². The fourth-order valence-electron chi connectivity index (χ4n) is 2.30. The third kappa shape index (κ3) is 11.0. The molecular weight excluding hydrogens is 304 g/mol. The minimum absolute atomic E-state index is 0.224. The standard InChI is InChI=1S/C20H30O4/c1-2-18-19(24-18)15-12-11-14-17(21)13-9-7-5-3-4-6-8-10-16-20(22)23/h4-7,9,11-13,17-19,21H,2-3,8,10,14-16H2,1H3,(H,22,23)/b6-4-,7-5-,12-11-,13-9+/t17-,18+,19-/m1/s1. The maximum absolute atomic E-state index is 10.3. The van der Waals surface area contributed by atoms with E-state index in [2.05, 4.69) is 13.0 Å². The zero-order chi connectivity index (χ0) is 17.6. The van der Waals surface area contributed by atoms with E-state index in [0.29, 0.717) is 25.0 Å². The second-order valence-corrected chi connectivity index (χ2v) is 5.94. The minimum Gasteiger partial charge on any atom is -0.481 e. The summed E-state index contributed by atoms with van der Waals surface area (Å²) in [5, 5.41) is 18.3. The lowest BCUT2D eigenvalue weighted by atomic mass is 10.1. The predicted octanol–water partition coefficient (Wildman–Crippen LogP) is 4.17. The van der Waals surface area contributed by atoms with Gasteiger partial charge in [-0.3, -0.25) is 4.79 Å². The van der Waals surface area contributed by atoms with E-state index in [1.165, 1.54) is 0 Å². The number of ether oxygens (including phenoxy) is 1. The maximum Gasteiger partial charge on any atom is 0.303 e. The van der Waals surface area contributed by atoms with Gasteiger partial charge in [0.25, 0.3) is 0 Å². The summed E-state index contributed by atoms with van der Waals surface area (Å²) in [6.07, 6.45) is 21.2. The third-order valence-electron chi connectivity index (χ3n) is 3.78. The topological polar surface area (TPSA) is 70.1 Å². The fraction of sp³-hybridized carbons (Fsp3) is 0.550. The molecular formula is C20H30O4. The molecule has 2 N–H and O–H groups in total. The molecule has 0 unspecified atom stereocenters. The van der Waals surface area contributed by atoms with E-state index in [-0.39, 0.29) is 6.42 Å². The quantitative estimate of drug-likeness (QED) is 0.229. The molecule has 3 atom stereocenters. The normalized spacial score (nSPS) is 22.2. The van der Waals surface area contributed by atoms with Gasteiger partial charge >= 0.3 is 5.97 Å². The van der Waals surface area contributed by atoms with E-state index in [0.717, 1.165) is 25.7 Å². The first-order chi connectivity index (χ1) is 11.6. The Hall–Kier alpha value is -1.65. The van der Waals surface area contributed by atoms with Gasteiger partial charge in [-0.2, -0.15) is 0 Å². The molecule has 1 rings (SSSR count). The molecule has 1 aliphatic heterocycles. The Labute approximate surface area is 145 Å². The van der Waals surface area contributed by atoms with Crippen LogP contribution in [0.2, 0.25) is 0 Å². The molecule has 1 fully saturated rings. The molecule has 1 saturated heterocycles. The van der Waals surface area contributed by atoms with Gasteiger partial charge in [0.15, 0.2) is 0 Å². The molecule has 4 nitrogen and oxygen atoms in total. The first-order valence-electron chi connectivity index (χ1n) is 8.82. The van der Waals surface area contributed by atoms with Crippen LogP contribution in [0.15, 0.2) is 48.6 Å². The minimum atomic E-state index is -0.743. The average molecular weight is 334 g/mol. The van der Waals surface area contributed by atoms with Gasteiger partial charge in [0.05, 0.1) is 18.3 Å². The number of hydrogen-bond donors (Lipinski definition) is 2. The van der Waals surface area contributed by atoms with Crippen LogP contribution in [0.3, 0.4) is 0 Å². The Morgan fingerprint density at radius 2 is 1.96 bits per heavy atom. The molecule has 0 bridgehead atoms. The summed E-state index contributed by atoms with van der Waals surface area (Å²) in [7, 11) is 0. The molecule has 0 aromatic heterocycles. The fourth-order valence-corrected chi connectivity index (χ4v) is 2.30. The van der Waals surface area contributed by atoms with Crippen LogP contribution >= 0.6 is 0 Å². The third-order valence-corrected chi connectivity index (χ3v) is 3.78. The summed E-state index contributed by atoms with van der Waals surface area (Å²) < 4.78 is 5.45. The highest BCUT2D eigenvalue weighted by atomic mass is 16.6. The van der Waals surface area contributed by atoms with Crippen molar-refractivity contribution in [1.29, 1.82) is 0 Å². The van der Waals surface area contributed by atoms with Crippen LogP contribution in [0.1, 0.15) is 51.9 Å². The molecule has 0 aromatic rings. The monoisotopic (exact) mass is 334 g/mol. The van der Waals surface area contributed by atoms with Crippen LogP contribution in [0.4, 0.5) is 0 Å². The largest absolute Gasteiger partial charge is 0.481 e. The van der Waals surface area contributed by atoms with E-state index < -0.39 is 12.1 Å². The summed E-state index contributed by atoms with van der Waals surface area (Å²) in [5.41, 5.74) is 0. The lowest BCUT2D eigenvalue weighted by Crippen LogP contribution is -1.99. The molecule has 4 heteroatoms. The van der Waals surface area contributed by atoms with E-state index in [1.807, 2.05) is 36.5 Å². The van der Waals surface area contributed by atoms with Gasteiger partial charge in [-0.25, -0.2) is 0 Å². The van der Waals surface area contributed by atoms with E-state index in [4.69, 9.17) is 9.84 Å². The summed E-state index contributed by atoms with van der Waals surface area (Å²) in [5.74, 6) is -0.743. The maximum atomic E-state index is 10.3. The van der Waals surface area contributed by atoms with Crippen molar-refractivity contribution in [3.8, 4) is 0 Å². The molecule has 1 aliphatic rings. The summed E-state index contributed by atoms with van der Waals surface area (Å²) >= 11 is 0. The number of epoxide rings is 1. The zero-order valence-corrected chi connectivity index (χ0v) is 14.5. The molecule has 24 heavy (non-hydrogen) atoms. The smallest absolute Gasteiger partial charge is 0.303 e. The van der Waals surface area contributed by atoms with E-state index in [1.54, 1.807) is 6.08 Å². The summed E-state index contributed by atoms with van der Waals surface area (Å²) in [4.78, 5) is 10.3. The van der Waals surface area contributed by atoms with Crippen molar-refractivity contribution in [3.05, 3.63) is 48.6 Å². The van der Waals surface area contributed by atoms with Crippen LogP contribution in [0.5, 0.6) is 0 Å². The number of carboxylic acids is 1. The highest BCUT2D eigenvalue weighted by molar-refractivity contribution is 5.66. The van der Waals surface area contributed by atoms with Crippen molar-refractivity contribution < 1.29 is 19.7 Å². The summed E-state index contributed by atoms with van der Waals surface area (Å²) in [6.45, 7) is 2.13. The van der Waals surface area contributed by atoms with Gasteiger partial charge in [0, 0.05) is 6.42 Å². The Balaban J connectivity index is 2.01. The number of aliphatic carboxylic acids is 1. The second-order valence-electron chi connectivity index (χ2n) is 5.94. The Morgan fingerprint density at radius 1 is 1.12 bits per heavy atom. The van der Waals surface area contributed by atoms with Crippen molar-refractivity contribution in [2.45, 2.75) is 70.2 Å². The number of aliphatic hydroxyl groups is 1. The highest BCUT2D eigenvalue weighted by Gasteiger charge is 2.35. The van der Waals surface area contributed by atoms with Crippen LogP contribution in [-0.2, 0) is 9.53 Å². The number of carboxylic acid groups (broad SMARTS) is 1. The molecule has 0 aliphatic carbocycles. The van der Waals surface area contributed by atoms with Gasteiger partial charge in [0.1, 0.15) is 0 Å². The van der Waals surface area contributed by atoms with Crippen molar-refractivity contribution >= 4 is 5.97 Å². The average Bonchev–Trinajstić information content (AvgIpc) is 3.31. The molecule has 0 spiro atoms. The molecule has 134 valence electrons. The number of aliphatic hydroxyl groups excluding tert-OH is 1. The van der Waals surface area contributed by atoms with Crippen molar-refractivity contribution in [1.82, 2.24) is 0 Å². The Kier molecular flexibility index (Phi) is 10.8. The lowest BCUT2D eigenvalue weighted by Gasteiger charge is -1.98. The first kappa shape index (κ1) is 20.4. The van der Waals surface area contributed by atoms with Crippen LogP contribution in [-0.4, -0.2) is 34.5 Å². The highest BCUT2D eigenvalue weighted by Crippen LogP contribution is 2.28. The van der Waals surface area contributed by atoms with Gasteiger partial charge in [-0.15, -0.1) is 0 Å². The molecule has 0 radical (unpaired) electrons. The molecule has 0 aromatic carbocycles. The molecule has 0 saturated carbocycles. The lowest BCUT2D eigenvalue weighted by molar-refractivity contribution is -0.137. The SMILES string of the molecule is CC[C@@H]1O[C@@H]1C/C=C\C[C@H](O)/C=C/C=C\C/C=C\CCCC(=O)O. The predicted molar refractivity (Wildman–Crippen MR) is 96.9 cm³/mol. The Bertz CT molecular complexity index is 462. The van der Waals surface area contributed by atoms with E-state index >= 15 is 0 Å². The number of rotatable bonds is 13. The van der Waals surface area contributed by atoms with Gasteiger partial charge in [-0.05, 0) is 38.5 Å².